The lowest BCUT2D eigenvalue weighted by Gasteiger charge is -2.25. The van der Waals surface area contributed by atoms with Gasteiger partial charge >= 0.3 is 12.2 Å². The van der Waals surface area contributed by atoms with Gasteiger partial charge in [-0.05, 0) is 43.5 Å². The molecule has 0 radical (unpaired) electrons. The molecule has 1 spiro atoms. The van der Waals surface area contributed by atoms with Crippen molar-refractivity contribution in [2.75, 3.05) is 18.8 Å². The lowest BCUT2D eigenvalue weighted by Crippen LogP contribution is -2.41. The Bertz CT molecular complexity index is 1360. The lowest BCUT2D eigenvalue weighted by atomic mass is 9.82. The number of hydrogen-bond donors (Lipinski definition) is 2. The Morgan fingerprint density at radius 1 is 1.22 bits per heavy atom. The highest BCUT2D eigenvalue weighted by molar-refractivity contribution is 5.75. The molecule has 12 heteroatoms. The predicted molar refractivity (Wildman–Crippen MR) is 123 cm³/mol. The number of alkyl halides is 3. The van der Waals surface area contributed by atoms with E-state index in [1.54, 1.807) is 29.3 Å². The molecule has 1 saturated heterocycles. The van der Waals surface area contributed by atoms with Gasteiger partial charge < -0.3 is 16.0 Å². The SMILES string of the molecule is CC(NC(=O)N1CCC2(CCn3nc(-c4cnc(N)c(C(F)(F)F)c4)cc32)C1)c1ccc(C#N)nc1. The summed E-state index contributed by atoms with van der Waals surface area (Å²) in [6.07, 6.45) is -0.221. The topological polar surface area (TPSA) is 126 Å². The molecule has 2 unspecified atom stereocenters. The number of halogens is 3. The summed E-state index contributed by atoms with van der Waals surface area (Å²) in [4.78, 5) is 22.5. The second-order valence-electron chi connectivity index (χ2n) is 9.25. The van der Waals surface area contributed by atoms with Gasteiger partial charge in [0.25, 0.3) is 0 Å². The Balaban J connectivity index is 1.32. The molecule has 3 N–H and O–H groups in total. The van der Waals surface area contributed by atoms with Gasteiger partial charge in [-0.2, -0.15) is 23.5 Å². The van der Waals surface area contributed by atoms with Crippen LogP contribution >= 0.6 is 0 Å². The van der Waals surface area contributed by atoms with Crippen molar-refractivity contribution in [3.8, 4) is 17.3 Å². The summed E-state index contributed by atoms with van der Waals surface area (Å²) in [6.45, 7) is 3.49. The van der Waals surface area contributed by atoms with E-state index in [4.69, 9.17) is 11.0 Å². The van der Waals surface area contributed by atoms with Gasteiger partial charge in [0.1, 0.15) is 17.6 Å². The molecule has 0 saturated carbocycles. The molecule has 186 valence electrons. The number of rotatable bonds is 3. The molecule has 3 aromatic heterocycles. The average molecular weight is 496 g/mol. The van der Waals surface area contributed by atoms with Crippen molar-refractivity contribution in [2.45, 2.75) is 43.9 Å². The van der Waals surface area contributed by atoms with Crippen molar-refractivity contribution >= 4 is 11.8 Å². The molecule has 0 bridgehead atoms. The molecule has 5 rings (SSSR count). The highest BCUT2D eigenvalue weighted by Gasteiger charge is 2.47. The van der Waals surface area contributed by atoms with Crippen LogP contribution < -0.4 is 11.1 Å². The number of hydrogen-bond acceptors (Lipinski definition) is 6. The number of urea groups is 1. The second-order valence-corrected chi connectivity index (χ2v) is 9.25. The first kappa shape index (κ1) is 23.6. The predicted octanol–water partition coefficient (Wildman–Crippen LogP) is 3.63. The Morgan fingerprint density at radius 3 is 2.69 bits per heavy atom. The van der Waals surface area contributed by atoms with Crippen molar-refractivity contribution in [1.82, 2.24) is 30.0 Å². The van der Waals surface area contributed by atoms with Gasteiger partial charge in [-0.1, -0.05) is 6.07 Å². The quantitative estimate of drug-likeness (QED) is 0.570. The minimum atomic E-state index is -4.61. The van der Waals surface area contributed by atoms with Crippen LogP contribution in [0.25, 0.3) is 11.3 Å². The number of nitrogens with one attached hydrogen (secondary N) is 1. The van der Waals surface area contributed by atoms with Gasteiger partial charge in [0.05, 0.1) is 17.3 Å². The zero-order chi connectivity index (χ0) is 25.7. The van der Waals surface area contributed by atoms with Crippen LogP contribution in [0, 0.1) is 11.3 Å². The van der Waals surface area contributed by atoms with Gasteiger partial charge in [-0.15, -0.1) is 0 Å². The van der Waals surface area contributed by atoms with Crippen molar-refractivity contribution in [3.63, 3.8) is 0 Å². The van der Waals surface area contributed by atoms with Gasteiger partial charge in [0, 0.05) is 48.7 Å². The van der Waals surface area contributed by atoms with E-state index in [9.17, 15) is 18.0 Å². The average Bonchev–Trinajstić information content (AvgIpc) is 3.55. The zero-order valence-corrected chi connectivity index (χ0v) is 19.4. The number of aryl methyl sites for hydroxylation is 1. The van der Waals surface area contributed by atoms with Crippen LogP contribution in [0.4, 0.5) is 23.8 Å². The molecule has 2 amide bonds. The smallest absolute Gasteiger partial charge is 0.383 e. The number of amides is 2. The number of aromatic nitrogens is 4. The Hall–Kier alpha value is -4.14. The van der Waals surface area contributed by atoms with Crippen molar-refractivity contribution in [3.05, 3.63) is 59.2 Å². The van der Waals surface area contributed by atoms with Crippen molar-refractivity contribution < 1.29 is 18.0 Å². The number of fused-ring (bicyclic) bond motifs is 2. The molecule has 0 aromatic carbocycles. The van der Waals surface area contributed by atoms with Crippen LogP contribution in [-0.4, -0.2) is 43.8 Å². The maximum absolute atomic E-state index is 13.3. The summed E-state index contributed by atoms with van der Waals surface area (Å²) in [5, 5.41) is 16.4. The molecular weight excluding hydrogens is 473 g/mol. The largest absolute Gasteiger partial charge is 0.419 e. The van der Waals surface area contributed by atoms with Crippen molar-refractivity contribution in [2.24, 2.45) is 0 Å². The maximum Gasteiger partial charge on any atom is 0.419 e. The Morgan fingerprint density at radius 2 is 2.00 bits per heavy atom. The summed E-state index contributed by atoms with van der Waals surface area (Å²) < 4.78 is 41.7. The summed E-state index contributed by atoms with van der Waals surface area (Å²) in [7, 11) is 0. The fourth-order valence-corrected chi connectivity index (χ4v) is 4.99. The number of pyridine rings is 2. The molecule has 5 heterocycles. The standard InChI is InChI=1S/C24H23F3N8O/c1-14(15-2-3-17(10-28)30-11-15)32-22(36)34-6-4-23(13-34)5-7-35-20(23)9-19(33-35)16-8-18(24(25,26)27)21(29)31-12-16/h2-3,8-9,11-12,14H,4-7,13H2,1H3,(H2,29,31)(H,32,36). The number of nitriles is 1. The molecule has 9 nitrogen and oxygen atoms in total. The molecule has 1 fully saturated rings. The van der Waals surface area contributed by atoms with Crippen LogP contribution in [0.5, 0.6) is 0 Å². The fourth-order valence-electron chi connectivity index (χ4n) is 4.99. The van der Waals surface area contributed by atoms with Gasteiger partial charge in [-0.25, -0.2) is 14.8 Å². The van der Waals surface area contributed by atoms with E-state index >= 15 is 0 Å². The summed E-state index contributed by atoms with van der Waals surface area (Å²) >= 11 is 0. The van der Waals surface area contributed by atoms with Crippen LogP contribution in [0.1, 0.15) is 48.3 Å². The summed E-state index contributed by atoms with van der Waals surface area (Å²) in [5.74, 6) is -0.571. The van der Waals surface area contributed by atoms with Gasteiger partial charge in [-0.3, -0.25) is 4.68 Å². The third-order valence-corrected chi connectivity index (χ3v) is 7.03. The van der Waals surface area contributed by atoms with Crippen LogP contribution in [-0.2, 0) is 18.1 Å². The first-order chi connectivity index (χ1) is 17.1. The van der Waals surface area contributed by atoms with E-state index in [0.29, 0.717) is 31.0 Å². The fraction of sp³-hybridized carbons (Fsp3) is 0.375. The highest BCUT2D eigenvalue weighted by atomic mass is 19.4. The van der Waals surface area contributed by atoms with Crippen LogP contribution in [0.3, 0.4) is 0 Å². The molecule has 36 heavy (non-hydrogen) atoms. The van der Waals surface area contributed by atoms with Crippen molar-refractivity contribution in [1.29, 1.82) is 5.26 Å². The number of anilines is 1. The third-order valence-electron chi connectivity index (χ3n) is 7.03. The Labute approximate surface area is 204 Å². The monoisotopic (exact) mass is 496 g/mol. The van der Waals surface area contributed by atoms with E-state index in [-0.39, 0.29) is 23.1 Å². The Kier molecular flexibility index (Phi) is 5.58. The molecule has 2 aliphatic heterocycles. The van der Waals surface area contributed by atoms with E-state index in [0.717, 1.165) is 30.2 Å². The number of carbonyl (C=O) groups excluding carboxylic acids is 1. The minimum absolute atomic E-state index is 0.209. The summed E-state index contributed by atoms with van der Waals surface area (Å²) in [6, 6.07) is 7.60. The van der Waals surface area contributed by atoms with E-state index in [2.05, 4.69) is 20.4 Å². The molecule has 0 aliphatic carbocycles. The number of nitrogens with zero attached hydrogens (tertiary/aromatic N) is 6. The van der Waals surface area contributed by atoms with Crippen LogP contribution in [0.15, 0.2) is 36.7 Å². The van der Waals surface area contributed by atoms with Gasteiger partial charge in [0.15, 0.2) is 0 Å². The molecular formula is C24H23F3N8O. The van der Waals surface area contributed by atoms with E-state index in [1.165, 1.54) is 6.20 Å². The first-order valence-corrected chi connectivity index (χ1v) is 11.4. The zero-order valence-electron chi connectivity index (χ0n) is 19.4. The number of carbonyl (C=O) groups is 1. The third kappa shape index (κ3) is 4.10. The number of nitrogens with two attached hydrogens (primary N) is 1. The minimum Gasteiger partial charge on any atom is -0.383 e. The van der Waals surface area contributed by atoms with E-state index in [1.807, 2.05) is 17.7 Å². The molecule has 2 atom stereocenters. The van der Waals surface area contributed by atoms with Crippen LogP contribution in [0.2, 0.25) is 0 Å². The maximum atomic E-state index is 13.3. The number of nitrogen functional groups attached to an aromatic ring is 1. The lowest BCUT2D eigenvalue weighted by molar-refractivity contribution is -0.137. The normalized spacial score (nSPS) is 19.8. The number of likely N-dealkylation sites (tertiary alicyclic amines) is 1. The molecule has 3 aromatic rings. The highest BCUT2D eigenvalue weighted by Crippen LogP contribution is 2.44. The second kappa shape index (κ2) is 8.51. The molecule has 2 aliphatic rings. The van der Waals surface area contributed by atoms with E-state index < -0.39 is 17.6 Å². The summed E-state index contributed by atoms with van der Waals surface area (Å²) in [5.41, 5.74) is 6.77. The first-order valence-electron chi connectivity index (χ1n) is 11.4. The van der Waals surface area contributed by atoms with Gasteiger partial charge in [0.2, 0.25) is 0 Å².